The van der Waals surface area contributed by atoms with Crippen molar-refractivity contribution in [1.29, 1.82) is 0 Å². The molecule has 1 aromatic heterocycles. The normalized spacial score (nSPS) is 15.4. The van der Waals surface area contributed by atoms with E-state index >= 15 is 0 Å². The van der Waals surface area contributed by atoms with Gasteiger partial charge < -0.3 is 24.4 Å². The highest BCUT2D eigenvalue weighted by atomic mass is 127. The Balaban J connectivity index is 0.00000364. The van der Waals surface area contributed by atoms with Crippen LogP contribution < -0.4 is 10.1 Å². The summed E-state index contributed by atoms with van der Waals surface area (Å²) in [5.41, 5.74) is 0.899. The number of nitrogens with zero attached hydrogens (tertiary/aromatic N) is 3. The molecule has 0 atom stereocenters. The van der Waals surface area contributed by atoms with Crippen LogP contribution >= 0.6 is 24.0 Å². The molecule has 1 aromatic rings. The zero-order valence-electron chi connectivity index (χ0n) is 16.6. The molecule has 1 saturated heterocycles. The Morgan fingerprint density at radius 1 is 1.26 bits per heavy atom. The summed E-state index contributed by atoms with van der Waals surface area (Å²) >= 11 is 0. The van der Waals surface area contributed by atoms with Gasteiger partial charge in [-0.2, -0.15) is 0 Å². The topological polar surface area (TPSA) is 68.2 Å². The van der Waals surface area contributed by atoms with E-state index in [1.54, 1.807) is 14.2 Å². The summed E-state index contributed by atoms with van der Waals surface area (Å²) in [5.74, 6) is 1.56. The molecule has 2 heterocycles. The predicted molar refractivity (Wildman–Crippen MR) is 118 cm³/mol. The second kappa shape index (κ2) is 14.0. The molecule has 1 aliphatic rings. The third kappa shape index (κ3) is 8.61. The Bertz CT molecular complexity index is 552. The van der Waals surface area contributed by atoms with Crippen LogP contribution in [0.25, 0.3) is 0 Å². The van der Waals surface area contributed by atoms with Gasteiger partial charge in [0.15, 0.2) is 5.96 Å². The smallest absolute Gasteiger partial charge is 0.213 e. The Hall–Kier alpha value is -1.13. The lowest BCUT2D eigenvalue weighted by Gasteiger charge is -2.34. The van der Waals surface area contributed by atoms with Crippen LogP contribution in [-0.4, -0.2) is 69.0 Å². The zero-order valence-corrected chi connectivity index (χ0v) is 19.0. The number of methoxy groups -OCH3 is 2. The van der Waals surface area contributed by atoms with Gasteiger partial charge in [0, 0.05) is 46.0 Å². The van der Waals surface area contributed by atoms with Crippen molar-refractivity contribution in [3.05, 3.63) is 23.9 Å². The predicted octanol–water partition coefficient (Wildman–Crippen LogP) is 2.69. The van der Waals surface area contributed by atoms with Gasteiger partial charge in [0.25, 0.3) is 0 Å². The summed E-state index contributed by atoms with van der Waals surface area (Å²) in [6.07, 6.45) is 3.34. The van der Waals surface area contributed by atoms with Gasteiger partial charge in [0.1, 0.15) is 0 Å². The van der Waals surface area contributed by atoms with Crippen molar-refractivity contribution in [2.24, 2.45) is 4.99 Å². The van der Waals surface area contributed by atoms with Gasteiger partial charge >= 0.3 is 0 Å². The summed E-state index contributed by atoms with van der Waals surface area (Å²) in [6.45, 7) is 6.90. The number of piperidine rings is 1. The first-order chi connectivity index (χ1) is 12.8. The number of halogens is 1. The van der Waals surface area contributed by atoms with Crippen molar-refractivity contribution in [3.8, 4) is 5.88 Å². The lowest BCUT2D eigenvalue weighted by Crippen LogP contribution is -2.47. The van der Waals surface area contributed by atoms with Gasteiger partial charge in [-0.15, -0.1) is 24.0 Å². The van der Waals surface area contributed by atoms with E-state index < -0.39 is 0 Å². The minimum Gasteiger partial charge on any atom is -0.481 e. The van der Waals surface area contributed by atoms with E-state index in [2.05, 4.69) is 22.1 Å². The average Bonchev–Trinajstić information content (AvgIpc) is 2.69. The number of rotatable bonds is 9. The van der Waals surface area contributed by atoms with Crippen molar-refractivity contribution in [2.45, 2.75) is 38.8 Å². The van der Waals surface area contributed by atoms with Gasteiger partial charge in [-0.05, 0) is 32.3 Å². The van der Waals surface area contributed by atoms with E-state index in [1.807, 2.05) is 18.2 Å². The molecule has 1 fully saturated rings. The highest BCUT2D eigenvalue weighted by Gasteiger charge is 2.21. The number of likely N-dealkylation sites (tertiary alicyclic amines) is 1. The molecule has 2 rings (SSSR count). The molecular formula is C19H33IN4O3. The molecule has 0 spiro atoms. The van der Waals surface area contributed by atoms with Gasteiger partial charge in [-0.25, -0.2) is 9.98 Å². The monoisotopic (exact) mass is 492 g/mol. The van der Waals surface area contributed by atoms with Gasteiger partial charge in [0.2, 0.25) is 5.88 Å². The molecule has 0 aromatic carbocycles. The van der Waals surface area contributed by atoms with E-state index in [9.17, 15) is 0 Å². The third-order valence-corrected chi connectivity index (χ3v) is 4.30. The number of aromatic nitrogens is 1. The molecule has 1 aliphatic heterocycles. The summed E-state index contributed by atoms with van der Waals surface area (Å²) in [4.78, 5) is 11.5. The molecule has 0 aliphatic carbocycles. The van der Waals surface area contributed by atoms with E-state index in [0.717, 1.165) is 63.8 Å². The molecule has 27 heavy (non-hydrogen) atoms. The van der Waals surface area contributed by atoms with Gasteiger partial charge in [-0.1, -0.05) is 6.07 Å². The summed E-state index contributed by atoms with van der Waals surface area (Å²) < 4.78 is 16.2. The van der Waals surface area contributed by atoms with Crippen molar-refractivity contribution in [2.75, 3.05) is 47.1 Å². The largest absolute Gasteiger partial charge is 0.481 e. The first kappa shape index (κ1) is 23.9. The van der Waals surface area contributed by atoms with Gasteiger partial charge in [-0.3, -0.25) is 0 Å². The van der Waals surface area contributed by atoms with Crippen LogP contribution in [-0.2, 0) is 16.0 Å². The average molecular weight is 492 g/mol. The number of hydrogen-bond donors (Lipinski definition) is 1. The van der Waals surface area contributed by atoms with Crippen molar-refractivity contribution in [3.63, 3.8) is 0 Å². The number of hydrogen-bond acceptors (Lipinski definition) is 5. The Labute approximate surface area is 179 Å². The standard InChI is InChI=1S/C19H32N4O3.HI/c1-4-20-19(21-15-16-7-5-8-18(22-16)25-3)23-11-9-17(10-12-23)26-14-6-13-24-2;/h5,7-8,17H,4,6,9-15H2,1-3H3,(H,20,21);1H. The second-order valence-corrected chi connectivity index (χ2v) is 6.25. The molecule has 8 heteroatoms. The maximum atomic E-state index is 5.94. The lowest BCUT2D eigenvalue weighted by molar-refractivity contribution is 0.00990. The third-order valence-electron chi connectivity index (χ3n) is 4.30. The molecular weight excluding hydrogens is 459 g/mol. The SMILES string of the molecule is CCNC(=NCc1cccc(OC)n1)N1CCC(OCCCOC)CC1.I. The van der Waals surface area contributed by atoms with Crippen LogP contribution in [0, 0.1) is 0 Å². The highest BCUT2D eigenvalue weighted by molar-refractivity contribution is 14.0. The fourth-order valence-electron chi connectivity index (χ4n) is 2.93. The number of guanidine groups is 1. The molecule has 1 N–H and O–H groups in total. The quantitative estimate of drug-likeness (QED) is 0.248. The maximum absolute atomic E-state index is 5.94. The van der Waals surface area contributed by atoms with E-state index in [1.165, 1.54) is 0 Å². The molecule has 0 radical (unpaired) electrons. The van der Waals surface area contributed by atoms with E-state index in [0.29, 0.717) is 18.5 Å². The van der Waals surface area contributed by atoms with Crippen LogP contribution in [0.15, 0.2) is 23.2 Å². The fraction of sp³-hybridized carbons (Fsp3) is 0.684. The molecule has 0 unspecified atom stereocenters. The van der Waals surface area contributed by atoms with Crippen molar-refractivity contribution >= 4 is 29.9 Å². The first-order valence-electron chi connectivity index (χ1n) is 9.40. The van der Waals surface area contributed by atoms with E-state index in [4.69, 9.17) is 19.2 Å². The molecule has 0 saturated carbocycles. The van der Waals surface area contributed by atoms with Crippen molar-refractivity contribution in [1.82, 2.24) is 15.2 Å². The van der Waals surface area contributed by atoms with Crippen LogP contribution in [0.4, 0.5) is 0 Å². The van der Waals surface area contributed by atoms with Crippen LogP contribution in [0.3, 0.4) is 0 Å². The molecule has 0 bridgehead atoms. The first-order valence-corrected chi connectivity index (χ1v) is 9.40. The number of ether oxygens (including phenoxy) is 3. The number of pyridine rings is 1. The Kier molecular flexibility index (Phi) is 12.4. The summed E-state index contributed by atoms with van der Waals surface area (Å²) in [5, 5.41) is 3.39. The van der Waals surface area contributed by atoms with E-state index in [-0.39, 0.29) is 24.0 Å². The highest BCUT2D eigenvalue weighted by Crippen LogP contribution is 2.15. The number of aliphatic imine (C=N–C) groups is 1. The van der Waals surface area contributed by atoms with Crippen LogP contribution in [0.1, 0.15) is 31.9 Å². The summed E-state index contributed by atoms with van der Waals surface area (Å²) in [6, 6.07) is 5.75. The molecule has 7 nitrogen and oxygen atoms in total. The molecule has 0 amide bonds. The lowest BCUT2D eigenvalue weighted by atomic mass is 10.1. The minimum atomic E-state index is 0. The van der Waals surface area contributed by atoms with Crippen LogP contribution in [0.5, 0.6) is 5.88 Å². The Morgan fingerprint density at radius 3 is 2.70 bits per heavy atom. The molecule has 154 valence electrons. The number of nitrogens with one attached hydrogen (secondary N) is 1. The minimum absolute atomic E-state index is 0. The van der Waals surface area contributed by atoms with Gasteiger partial charge in [0.05, 0.1) is 25.5 Å². The maximum Gasteiger partial charge on any atom is 0.213 e. The summed E-state index contributed by atoms with van der Waals surface area (Å²) in [7, 11) is 3.35. The zero-order chi connectivity index (χ0) is 18.6. The second-order valence-electron chi connectivity index (χ2n) is 6.25. The Morgan fingerprint density at radius 2 is 2.04 bits per heavy atom. The fourth-order valence-corrected chi connectivity index (χ4v) is 2.93. The van der Waals surface area contributed by atoms with Crippen LogP contribution in [0.2, 0.25) is 0 Å². The van der Waals surface area contributed by atoms with Crippen molar-refractivity contribution < 1.29 is 14.2 Å².